The van der Waals surface area contributed by atoms with Crippen LogP contribution >= 0.6 is 0 Å². The fraction of sp³-hybridized carbons (Fsp3) is 0.667. The van der Waals surface area contributed by atoms with Crippen LogP contribution in [0.25, 0.3) is 0 Å². The van der Waals surface area contributed by atoms with Crippen LogP contribution in [0.5, 0.6) is 0 Å². The van der Waals surface area contributed by atoms with Gasteiger partial charge in [0.1, 0.15) is 0 Å². The molecule has 1 radical (unpaired) electrons. The molecule has 0 saturated carbocycles. The molecule has 0 aliphatic rings. The second-order valence-corrected chi connectivity index (χ2v) is 3.85. The number of carbonyl (C=O) groups excluding carboxylic acids is 1. The zero-order valence-electron chi connectivity index (χ0n) is 10.6. The number of hydrogen-bond donors (Lipinski definition) is 0. The van der Waals surface area contributed by atoms with Crippen molar-refractivity contribution in [2.75, 3.05) is 13.1 Å². The molecule has 4 heteroatoms. The SMILES string of the molecule is CCN(CC)C(=O)CCn1[c]nc(C)c1C. The predicted molar refractivity (Wildman–Crippen MR) is 63.1 cm³/mol. The van der Waals surface area contributed by atoms with E-state index in [0.717, 1.165) is 24.5 Å². The van der Waals surface area contributed by atoms with Gasteiger partial charge >= 0.3 is 0 Å². The smallest absolute Gasteiger partial charge is 0.224 e. The Labute approximate surface area is 97.3 Å². The van der Waals surface area contributed by atoms with Gasteiger partial charge in [-0.2, -0.15) is 0 Å². The Kier molecular flexibility index (Phi) is 4.52. The Morgan fingerprint density at radius 3 is 2.44 bits per heavy atom. The molecular weight excluding hydrogens is 202 g/mol. The molecule has 0 N–H and O–H groups in total. The first-order valence-electron chi connectivity index (χ1n) is 5.79. The van der Waals surface area contributed by atoms with Crippen LogP contribution in [-0.2, 0) is 11.3 Å². The van der Waals surface area contributed by atoms with Crippen LogP contribution in [0.1, 0.15) is 31.7 Å². The first-order chi connectivity index (χ1) is 7.60. The Morgan fingerprint density at radius 2 is 2.00 bits per heavy atom. The van der Waals surface area contributed by atoms with Gasteiger partial charge in [-0.05, 0) is 27.7 Å². The highest BCUT2D eigenvalue weighted by molar-refractivity contribution is 5.76. The summed E-state index contributed by atoms with van der Waals surface area (Å²) >= 11 is 0. The van der Waals surface area contributed by atoms with Crippen LogP contribution in [0.4, 0.5) is 0 Å². The summed E-state index contributed by atoms with van der Waals surface area (Å²) < 4.78 is 1.91. The maximum Gasteiger partial charge on any atom is 0.224 e. The second kappa shape index (κ2) is 5.68. The van der Waals surface area contributed by atoms with Crippen molar-refractivity contribution in [1.29, 1.82) is 0 Å². The zero-order valence-corrected chi connectivity index (χ0v) is 10.6. The molecule has 1 heterocycles. The van der Waals surface area contributed by atoms with Crippen molar-refractivity contribution in [3.05, 3.63) is 17.7 Å². The lowest BCUT2D eigenvalue weighted by molar-refractivity contribution is -0.131. The molecule has 4 nitrogen and oxygen atoms in total. The van der Waals surface area contributed by atoms with Gasteiger partial charge in [-0.1, -0.05) is 0 Å². The van der Waals surface area contributed by atoms with E-state index < -0.39 is 0 Å². The maximum absolute atomic E-state index is 11.8. The summed E-state index contributed by atoms with van der Waals surface area (Å²) in [6.07, 6.45) is 3.42. The van der Waals surface area contributed by atoms with Gasteiger partial charge in [0.05, 0.1) is 5.69 Å². The fourth-order valence-corrected chi connectivity index (χ4v) is 1.65. The van der Waals surface area contributed by atoms with E-state index in [9.17, 15) is 4.79 Å². The predicted octanol–water partition coefficient (Wildman–Crippen LogP) is 1.56. The van der Waals surface area contributed by atoms with E-state index in [-0.39, 0.29) is 5.91 Å². The molecule has 16 heavy (non-hydrogen) atoms. The van der Waals surface area contributed by atoms with Crippen molar-refractivity contribution in [3.63, 3.8) is 0 Å². The van der Waals surface area contributed by atoms with Gasteiger partial charge in [0.2, 0.25) is 5.91 Å². The van der Waals surface area contributed by atoms with Crippen LogP contribution in [0.2, 0.25) is 0 Å². The summed E-state index contributed by atoms with van der Waals surface area (Å²) in [5, 5.41) is 0. The van der Waals surface area contributed by atoms with Crippen LogP contribution in [0.3, 0.4) is 0 Å². The molecule has 0 aliphatic heterocycles. The van der Waals surface area contributed by atoms with E-state index in [4.69, 9.17) is 0 Å². The number of aryl methyl sites for hydroxylation is 2. The van der Waals surface area contributed by atoms with Crippen molar-refractivity contribution < 1.29 is 4.79 Å². The molecule has 0 saturated heterocycles. The van der Waals surface area contributed by atoms with Gasteiger partial charge in [-0.3, -0.25) is 4.79 Å². The first kappa shape index (κ1) is 12.7. The lowest BCUT2D eigenvalue weighted by Gasteiger charge is -2.18. The van der Waals surface area contributed by atoms with Crippen molar-refractivity contribution in [3.8, 4) is 0 Å². The number of aromatic nitrogens is 2. The topological polar surface area (TPSA) is 38.1 Å². The number of carbonyl (C=O) groups is 1. The molecule has 1 aromatic heterocycles. The Morgan fingerprint density at radius 1 is 1.38 bits per heavy atom. The number of imidazole rings is 1. The zero-order chi connectivity index (χ0) is 12.1. The van der Waals surface area contributed by atoms with Crippen molar-refractivity contribution in [1.82, 2.24) is 14.5 Å². The Balaban J connectivity index is 2.52. The number of hydrogen-bond acceptors (Lipinski definition) is 2. The highest BCUT2D eigenvalue weighted by Crippen LogP contribution is 2.05. The minimum atomic E-state index is 0.198. The molecule has 0 spiro atoms. The van der Waals surface area contributed by atoms with E-state index in [2.05, 4.69) is 11.3 Å². The third-order valence-electron chi connectivity index (χ3n) is 2.93. The highest BCUT2D eigenvalue weighted by Gasteiger charge is 2.10. The summed E-state index contributed by atoms with van der Waals surface area (Å²) in [6.45, 7) is 10.2. The van der Waals surface area contributed by atoms with Crippen LogP contribution in [0, 0.1) is 20.2 Å². The standard InChI is InChI=1S/C12H20N3O/c1-5-14(6-2)12(16)7-8-15-9-13-10(3)11(15)4/h5-8H2,1-4H3. The average molecular weight is 222 g/mol. The molecule has 0 fully saturated rings. The van der Waals surface area contributed by atoms with Gasteiger partial charge in [-0.25, -0.2) is 4.98 Å². The summed E-state index contributed by atoms with van der Waals surface area (Å²) in [6, 6.07) is 0. The van der Waals surface area contributed by atoms with E-state index >= 15 is 0 Å². The molecule has 0 aromatic carbocycles. The minimum Gasteiger partial charge on any atom is -0.343 e. The van der Waals surface area contributed by atoms with Crippen molar-refractivity contribution >= 4 is 5.91 Å². The van der Waals surface area contributed by atoms with Crippen LogP contribution in [0.15, 0.2) is 0 Å². The lowest BCUT2D eigenvalue weighted by Crippen LogP contribution is -2.31. The summed E-state index contributed by atoms with van der Waals surface area (Å²) in [5.74, 6) is 0.198. The third kappa shape index (κ3) is 2.84. The Bertz CT molecular complexity index is 353. The van der Waals surface area contributed by atoms with Crippen molar-refractivity contribution in [2.24, 2.45) is 0 Å². The summed E-state index contributed by atoms with van der Waals surface area (Å²) in [5.41, 5.74) is 2.07. The lowest BCUT2D eigenvalue weighted by atomic mass is 10.3. The van der Waals surface area contributed by atoms with Gasteiger partial charge in [-0.15, -0.1) is 0 Å². The average Bonchev–Trinajstić information content (AvgIpc) is 2.59. The summed E-state index contributed by atoms with van der Waals surface area (Å²) in [4.78, 5) is 17.7. The largest absolute Gasteiger partial charge is 0.343 e. The summed E-state index contributed by atoms with van der Waals surface area (Å²) in [7, 11) is 0. The molecule has 1 rings (SSSR count). The number of rotatable bonds is 5. The molecular formula is C12H20N3O. The molecule has 0 atom stereocenters. The van der Waals surface area contributed by atoms with E-state index in [0.29, 0.717) is 13.0 Å². The second-order valence-electron chi connectivity index (χ2n) is 3.85. The normalized spacial score (nSPS) is 10.5. The van der Waals surface area contributed by atoms with Crippen LogP contribution < -0.4 is 0 Å². The van der Waals surface area contributed by atoms with Crippen molar-refractivity contribution in [2.45, 2.75) is 40.7 Å². The molecule has 89 valence electrons. The van der Waals surface area contributed by atoms with Gasteiger partial charge < -0.3 is 9.47 Å². The number of nitrogens with zero attached hydrogens (tertiary/aromatic N) is 3. The molecule has 0 unspecified atom stereocenters. The minimum absolute atomic E-state index is 0.198. The third-order valence-corrected chi connectivity index (χ3v) is 2.93. The van der Waals surface area contributed by atoms with E-state index in [1.807, 2.05) is 37.2 Å². The van der Waals surface area contributed by atoms with Crippen LogP contribution in [-0.4, -0.2) is 33.4 Å². The molecule has 1 amide bonds. The highest BCUT2D eigenvalue weighted by atomic mass is 16.2. The van der Waals surface area contributed by atoms with Gasteiger partial charge in [0.25, 0.3) is 0 Å². The first-order valence-corrected chi connectivity index (χ1v) is 5.79. The fourth-order valence-electron chi connectivity index (χ4n) is 1.65. The van der Waals surface area contributed by atoms with Gasteiger partial charge in [0, 0.05) is 31.7 Å². The maximum atomic E-state index is 11.8. The van der Waals surface area contributed by atoms with E-state index in [1.165, 1.54) is 0 Å². The van der Waals surface area contributed by atoms with E-state index in [1.54, 1.807) is 0 Å². The molecule has 1 aromatic rings. The molecule has 0 bridgehead atoms. The Hall–Kier alpha value is -1.32. The number of amides is 1. The monoisotopic (exact) mass is 222 g/mol. The quantitative estimate of drug-likeness (QED) is 0.758. The van der Waals surface area contributed by atoms with Gasteiger partial charge in [0.15, 0.2) is 6.33 Å². The molecule has 0 aliphatic carbocycles.